The summed E-state index contributed by atoms with van der Waals surface area (Å²) in [6.07, 6.45) is 1.33. The third kappa shape index (κ3) is 3.02. The fourth-order valence-corrected chi connectivity index (χ4v) is 11.6. The molecule has 0 aliphatic carbocycles. The molecule has 1 rings (SSSR count). The smallest absolute Gasteiger partial charge is 0.349 e. The Labute approximate surface area is 98.1 Å². The second-order valence-electron chi connectivity index (χ2n) is 5.80. The highest BCUT2D eigenvalue weighted by atomic mass is 28.4. The van der Waals surface area contributed by atoms with Gasteiger partial charge < -0.3 is 4.23 Å². The maximum absolute atomic E-state index is 11.2. The summed E-state index contributed by atoms with van der Waals surface area (Å²) >= 11 is 0. The molecule has 16 heavy (non-hydrogen) atoms. The van der Waals surface area contributed by atoms with Crippen molar-refractivity contribution in [2.24, 2.45) is 0 Å². The third-order valence-corrected chi connectivity index (χ3v) is 9.26. The summed E-state index contributed by atoms with van der Waals surface area (Å²) in [6, 6.07) is 0. The minimum absolute atomic E-state index is 0.327. The number of hydrogen-bond acceptors (Lipinski definition) is 4. The van der Waals surface area contributed by atoms with E-state index in [1.807, 2.05) is 0 Å². The topological polar surface area (TPSA) is 61.9 Å². The van der Waals surface area contributed by atoms with Gasteiger partial charge in [0.2, 0.25) is 0 Å². The second kappa shape index (κ2) is 4.13. The number of H-pyrrole nitrogens is 1. The summed E-state index contributed by atoms with van der Waals surface area (Å²) in [6.45, 7) is 13.5. The van der Waals surface area contributed by atoms with Crippen LogP contribution in [0.5, 0.6) is 0 Å². The van der Waals surface area contributed by atoms with Gasteiger partial charge in [0.15, 0.2) is 5.95 Å². The molecule has 0 unspecified atom stereocenters. The first-order chi connectivity index (χ1) is 7.12. The van der Waals surface area contributed by atoms with E-state index in [9.17, 15) is 4.79 Å². The predicted molar refractivity (Wildman–Crippen MR) is 71.8 cm³/mol. The van der Waals surface area contributed by atoms with E-state index in [1.54, 1.807) is 0 Å². The molecule has 1 heterocycles. The van der Waals surface area contributed by atoms with Crippen LogP contribution in [0.15, 0.2) is 11.1 Å². The van der Waals surface area contributed by atoms with Gasteiger partial charge in [-0.3, -0.25) is 4.98 Å². The zero-order chi connectivity index (χ0) is 12.6. The lowest BCUT2D eigenvalue weighted by atomic mass is 11.0. The fraction of sp³-hybridized carbons (Fsp3) is 0.667. The molecule has 90 valence electrons. The highest BCUT2D eigenvalue weighted by Crippen LogP contribution is 2.23. The minimum Gasteiger partial charge on any atom is -0.396 e. The van der Waals surface area contributed by atoms with Crippen molar-refractivity contribution < 1.29 is 0 Å². The summed E-state index contributed by atoms with van der Waals surface area (Å²) in [4.78, 5) is 21.8. The van der Waals surface area contributed by atoms with Crippen LogP contribution >= 0.6 is 0 Å². The number of anilines is 1. The lowest BCUT2D eigenvalue weighted by Crippen LogP contribution is -2.60. The van der Waals surface area contributed by atoms with Gasteiger partial charge >= 0.3 is 5.69 Å². The zero-order valence-corrected chi connectivity index (χ0v) is 12.8. The summed E-state index contributed by atoms with van der Waals surface area (Å²) in [5.74, 6) is 0.679. The van der Waals surface area contributed by atoms with E-state index >= 15 is 0 Å². The van der Waals surface area contributed by atoms with Crippen LogP contribution in [0, 0.1) is 0 Å². The number of nitrogens with one attached hydrogen (secondary N) is 1. The quantitative estimate of drug-likeness (QED) is 0.835. The zero-order valence-electron chi connectivity index (χ0n) is 10.8. The lowest BCUT2D eigenvalue weighted by Gasteiger charge is -2.43. The van der Waals surface area contributed by atoms with Crippen LogP contribution in [0.1, 0.15) is 0 Å². The van der Waals surface area contributed by atoms with E-state index in [0.29, 0.717) is 5.95 Å². The molecule has 1 aromatic heterocycles. The Balaban J connectivity index is 3.28. The van der Waals surface area contributed by atoms with Gasteiger partial charge in [-0.05, 0) is 0 Å². The molecule has 0 bridgehead atoms. The molecule has 1 N–H and O–H groups in total. The van der Waals surface area contributed by atoms with Crippen molar-refractivity contribution in [2.75, 3.05) is 4.23 Å². The average molecular weight is 256 g/mol. The van der Waals surface area contributed by atoms with Gasteiger partial charge in [0, 0.05) is 0 Å². The molecular formula is C9H20N4OSi2. The number of aromatic nitrogens is 3. The third-order valence-electron chi connectivity index (χ3n) is 2.13. The van der Waals surface area contributed by atoms with Crippen molar-refractivity contribution in [3.05, 3.63) is 16.8 Å². The Morgan fingerprint density at radius 3 is 1.94 bits per heavy atom. The first kappa shape index (κ1) is 13.1. The average Bonchev–Trinajstić information content (AvgIpc) is 1.97. The van der Waals surface area contributed by atoms with Crippen LogP contribution in [-0.2, 0) is 0 Å². The Hall–Kier alpha value is -0.956. The maximum Gasteiger partial charge on any atom is 0.349 e. The van der Waals surface area contributed by atoms with Crippen LogP contribution in [0.2, 0.25) is 39.3 Å². The molecule has 0 radical (unpaired) electrons. The molecule has 0 spiro atoms. The highest BCUT2D eigenvalue weighted by molar-refractivity contribution is 6.99. The summed E-state index contributed by atoms with van der Waals surface area (Å²) < 4.78 is 2.35. The van der Waals surface area contributed by atoms with Gasteiger partial charge in [-0.15, -0.1) is 0 Å². The second-order valence-corrected chi connectivity index (χ2v) is 15.8. The van der Waals surface area contributed by atoms with Crippen LogP contribution in [0.3, 0.4) is 0 Å². The van der Waals surface area contributed by atoms with E-state index in [-0.39, 0.29) is 5.69 Å². The molecule has 0 fully saturated rings. The van der Waals surface area contributed by atoms with Gasteiger partial charge in [0.05, 0.1) is 0 Å². The van der Waals surface area contributed by atoms with Gasteiger partial charge in [0.25, 0.3) is 0 Å². The van der Waals surface area contributed by atoms with Gasteiger partial charge in [0.1, 0.15) is 22.8 Å². The van der Waals surface area contributed by atoms with Gasteiger partial charge in [-0.1, -0.05) is 39.3 Å². The van der Waals surface area contributed by atoms with Crippen molar-refractivity contribution in [3.63, 3.8) is 0 Å². The van der Waals surface area contributed by atoms with Crippen LogP contribution < -0.4 is 9.92 Å². The normalized spacial score (nSPS) is 12.6. The Morgan fingerprint density at radius 1 is 1.06 bits per heavy atom. The predicted octanol–water partition coefficient (Wildman–Crippen LogP) is 1.64. The van der Waals surface area contributed by atoms with Crippen molar-refractivity contribution in [1.29, 1.82) is 0 Å². The molecular weight excluding hydrogens is 236 g/mol. The van der Waals surface area contributed by atoms with E-state index < -0.39 is 16.5 Å². The molecule has 0 saturated heterocycles. The molecule has 0 saturated carbocycles. The highest BCUT2D eigenvalue weighted by Gasteiger charge is 2.36. The van der Waals surface area contributed by atoms with Gasteiger partial charge in [-0.25, -0.2) is 9.78 Å². The van der Waals surface area contributed by atoms with Crippen LogP contribution in [-0.4, -0.2) is 31.4 Å². The van der Waals surface area contributed by atoms with Gasteiger partial charge in [-0.2, -0.15) is 4.98 Å². The van der Waals surface area contributed by atoms with E-state index in [4.69, 9.17) is 0 Å². The number of rotatable bonds is 3. The fourth-order valence-electron chi connectivity index (χ4n) is 2.05. The van der Waals surface area contributed by atoms with Crippen molar-refractivity contribution >= 4 is 22.4 Å². The molecule has 7 heteroatoms. The van der Waals surface area contributed by atoms with E-state index in [0.717, 1.165) is 0 Å². The molecule has 0 amide bonds. The molecule has 0 atom stereocenters. The lowest BCUT2D eigenvalue weighted by molar-refractivity contribution is 0.973. The molecule has 5 nitrogen and oxygen atoms in total. The maximum atomic E-state index is 11.2. The summed E-state index contributed by atoms with van der Waals surface area (Å²) in [7, 11) is -3.10. The Kier molecular flexibility index (Phi) is 3.39. The van der Waals surface area contributed by atoms with Crippen LogP contribution in [0.4, 0.5) is 5.95 Å². The molecule has 1 aromatic rings. The Morgan fingerprint density at radius 2 is 1.56 bits per heavy atom. The van der Waals surface area contributed by atoms with Crippen molar-refractivity contribution in [2.45, 2.75) is 39.3 Å². The van der Waals surface area contributed by atoms with Crippen molar-refractivity contribution in [1.82, 2.24) is 15.0 Å². The summed E-state index contributed by atoms with van der Waals surface area (Å²) in [5, 5.41) is 0. The Bertz CT molecular complexity index is 404. The van der Waals surface area contributed by atoms with E-state index in [1.165, 1.54) is 6.33 Å². The first-order valence-electron chi connectivity index (χ1n) is 5.34. The standard InChI is InChI=1S/C9H20N4OSi2/c1-15(2,3)13(16(4,5)6)8-10-7-11-9(14)12-8/h7H,1-6H3,(H,10,11,12,14). The molecule has 0 aliphatic heterocycles. The number of hydrogen-bond donors (Lipinski definition) is 1. The number of nitrogens with zero attached hydrogens (tertiary/aromatic N) is 3. The van der Waals surface area contributed by atoms with Crippen molar-refractivity contribution in [3.8, 4) is 0 Å². The monoisotopic (exact) mass is 256 g/mol. The molecule has 0 aromatic carbocycles. The SMILES string of the molecule is C[Si](C)(C)N(c1ncnc(=O)[nH]1)[Si](C)(C)C. The minimum atomic E-state index is -1.55. The summed E-state index contributed by atoms with van der Waals surface area (Å²) in [5.41, 5.74) is -0.327. The van der Waals surface area contributed by atoms with Crippen LogP contribution in [0.25, 0.3) is 0 Å². The van der Waals surface area contributed by atoms with E-state index in [2.05, 4.69) is 58.5 Å². The largest absolute Gasteiger partial charge is 0.396 e. The first-order valence-corrected chi connectivity index (χ1v) is 12.2. The molecule has 0 aliphatic rings. The number of aromatic amines is 1.